The maximum Gasteiger partial charge on any atom is 0.0700 e. The molecule has 0 spiro atoms. The van der Waals surface area contributed by atoms with Crippen LogP contribution in [-0.4, -0.2) is 7.05 Å². The van der Waals surface area contributed by atoms with E-state index in [9.17, 15) is 0 Å². The molecule has 0 aliphatic heterocycles. The van der Waals surface area contributed by atoms with Gasteiger partial charge in [0.05, 0.1) is 7.05 Å². The summed E-state index contributed by atoms with van der Waals surface area (Å²) in [5.41, 5.74) is 0. The van der Waals surface area contributed by atoms with E-state index in [0.717, 1.165) is 0 Å². The summed E-state index contributed by atoms with van der Waals surface area (Å²) in [6, 6.07) is 0. The molecular weight excluding hydrogens is 78.0 g/mol. The average molecular weight is 91.2 g/mol. The maximum absolute atomic E-state index is 8.56. The molecule has 0 aromatic rings. The van der Waals surface area contributed by atoms with Gasteiger partial charge in [0, 0.05) is 0 Å². The number of hydrogen-bond acceptors (Lipinski definition) is 2. The van der Waals surface area contributed by atoms with Gasteiger partial charge in [-0.2, -0.15) is 4.91 Å². The van der Waals surface area contributed by atoms with Gasteiger partial charge in [0.15, 0.2) is 0 Å². The Morgan fingerprint density at radius 2 is 1.33 bits per heavy atom. The van der Waals surface area contributed by atoms with Gasteiger partial charge < -0.3 is 0 Å². The SMILES string of the molecule is C.CC.CN=O. The van der Waals surface area contributed by atoms with E-state index in [1.165, 1.54) is 7.05 Å². The van der Waals surface area contributed by atoms with Crippen LogP contribution in [0.2, 0.25) is 0 Å². The molecule has 6 heavy (non-hydrogen) atoms. The van der Waals surface area contributed by atoms with Crippen molar-refractivity contribution in [2.75, 3.05) is 7.05 Å². The highest BCUT2D eigenvalue weighted by Crippen LogP contribution is 1.27. The monoisotopic (exact) mass is 91.1 g/mol. The minimum Gasteiger partial charge on any atom is -0.151 e. The first-order valence-corrected chi connectivity index (χ1v) is 1.63. The number of hydrogen-bond donors (Lipinski definition) is 0. The summed E-state index contributed by atoms with van der Waals surface area (Å²) in [5.74, 6) is 0. The van der Waals surface area contributed by atoms with E-state index in [0.29, 0.717) is 0 Å². The van der Waals surface area contributed by atoms with Crippen LogP contribution >= 0.6 is 0 Å². The minimum absolute atomic E-state index is 0. The lowest BCUT2D eigenvalue weighted by molar-refractivity contribution is 1.42. The van der Waals surface area contributed by atoms with Gasteiger partial charge in [0.25, 0.3) is 0 Å². The van der Waals surface area contributed by atoms with Crippen LogP contribution in [-0.2, 0) is 0 Å². The van der Waals surface area contributed by atoms with Crippen molar-refractivity contribution in [1.29, 1.82) is 0 Å². The highest BCUT2D eigenvalue weighted by atomic mass is 16.2. The molecule has 2 heteroatoms. The second-order valence-corrected chi connectivity index (χ2v) is 0.183. The third kappa shape index (κ3) is 152. The number of nitrogens with zero attached hydrogens (tertiary/aromatic N) is 1. The predicted molar refractivity (Wildman–Crippen MR) is 29.8 cm³/mol. The third-order valence-corrected chi connectivity index (χ3v) is 0. The Labute approximate surface area is 39.5 Å². The van der Waals surface area contributed by atoms with Crippen molar-refractivity contribution in [2.45, 2.75) is 21.3 Å². The van der Waals surface area contributed by atoms with Gasteiger partial charge in [0.2, 0.25) is 0 Å². The zero-order chi connectivity index (χ0) is 4.71. The van der Waals surface area contributed by atoms with Crippen molar-refractivity contribution in [3.63, 3.8) is 0 Å². The highest BCUT2D eigenvalue weighted by Gasteiger charge is 1.19. The highest BCUT2D eigenvalue weighted by molar-refractivity contribution is 4.01. The molecule has 0 heterocycles. The topological polar surface area (TPSA) is 29.4 Å². The van der Waals surface area contributed by atoms with Crippen molar-refractivity contribution in [3.8, 4) is 0 Å². The lowest BCUT2D eigenvalue weighted by atomic mass is 11.0. The number of nitroso groups, excluding NO2 is 1. The second-order valence-electron chi connectivity index (χ2n) is 0.183. The largest absolute Gasteiger partial charge is 0.151 e. The molecule has 0 aromatic heterocycles. The van der Waals surface area contributed by atoms with Crippen LogP contribution in [0.25, 0.3) is 0 Å². The van der Waals surface area contributed by atoms with E-state index in [-0.39, 0.29) is 7.43 Å². The Morgan fingerprint density at radius 3 is 1.33 bits per heavy atom. The summed E-state index contributed by atoms with van der Waals surface area (Å²) >= 11 is 0. The molecule has 2 nitrogen and oxygen atoms in total. The fourth-order valence-corrected chi connectivity index (χ4v) is 0. The first-order valence-electron chi connectivity index (χ1n) is 1.63. The molecule has 0 rings (SSSR count). The normalized spacial score (nSPS) is 3.17. The molecule has 0 saturated carbocycles. The summed E-state index contributed by atoms with van der Waals surface area (Å²) in [6.45, 7) is 4.00. The smallest absolute Gasteiger partial charge is 0.0700 e. The molecule has 0 radical (unpaired) electrons. The molecule has 0 saturated heterocycles. The van der Waals surface area contributed by atoms with Crippen molar-refractivity contribution in [1.82, 2.24) is 0 Å². The van der Waals surface area contributed by atoms with Crippen LogP contribution in [0.15, 0.2) is 5.18 Å². The van der Waals surface area contributed by atoms with E-state index in [4.69, 9.17) is 4.91 Å². The lowest BCUT2D eigenvalue weighted by Crippen LogP contribution is -1.21. The number of rotatable bonds is 0. The molecule has 40 valence electrons. The maximum atomic E-state index is 8.56. The Kier molecular flexibility index (Phi) is 484. The Morgan fingerprint density at radius 1 is 1.33 bits per heavy atom. The van der Waals surface area contributed by atoms with Crippen LogP contribution in [0.1, 0.15) is 21.3 Å². The van der Waals surface area contributed by atoms with Gasteiger partial charge in [-0.1, -0.05) is 26.5 Å². The summed E-state index contributed by atoms with van der Waals surface area (Å²) in [6.07, 6.45) is 0. The first-order chi connectivity index (χ1) is 2.41. The summed E-state index contributed by atoms with van der Waals surface area (Å²) < 4.78 is 0. The molecular formula is C4H13NO. The van der Waals surface area contributed by atoms with E-state index < -0.39 is 0 Å². The fraction of sp³-hybridized carbons (Fsp3) is 1.00. The van der Waals surface area contributed by atoms with Crippen molar-refractivity contribution in [3.05, 3.63) is 4.91 Å². The molecule has 0 aliphatic rings. The molecule has 0 aliphatic carbocycles. The molecule has 0 aromatic carbocycles. The van der Waals surface area contributed by atoms with Crippen molar-refractivity contribution >= 4 is 0 Å². The third-order valence-electron chi connectivity index (χ3n) is 0. The first kappa shape index (κ1) is 17.5. The van der Waals surface area contributed by atoms with E-state index >= 15 is 0 Å². The van der Waals surface area contributed by atoms with Gasteiger partial charge in [-0.25, -0.2) is 0 Å². The van der Waals surface area contributed by atoms with Crippen LogP contribution < -0.4 is 0 Å². The van der Waals surface area contributed by atoms with Gasteiger partial charge in [-0.3, -0.25) is 0 Å². The quantitative estimate of drug-likeness (QED) is 0.419. The zero-order valence-corrected chi connectivity index (χ0v) is 3.86. The Hall–Kier alpha value is -0.400. The average Bonchev–Trinajstić information content (AvgIpc) is 1.46. The second kappa shape index (κ2) is 166. The molecule has 0 atom stereocenters. The van der Waals surface area contributed by atoms with Crippen molar-refractivity contribution < 1.29 is 0 Å². The predicted octanol–water partition coefficient (Wildman–Crippen LogP) is 2.04. The zero-order valence-electron chi connectivity index (χ0n) is 3.86. The van der Waals surface area contributed by atoms with Crippen LogP contribution in [0.3, 0.4) is 0 Å². The van der Waals surface area contributed by atoms with Gasteiger partial charge in [-0.15, -0.1) is 0 Å². The fourth-order valence-electron chi connectivity index (χ4n) is 0. The van der Waals surface area contributed by atoms with Crippen LogP contribution in [0, 0.1) is 4.91 Å². The van der Waals surface area contributed by atoms with Gasteiger partial charge in [0.1, 0.15) is 0 Å². The van der Waals surface area contributed by atoms with E-state index in [2.05, 4.69) is 5.18 Å². The molecule has 0 fully saturated rings. The van der Waals surface area contributed by atoms with E-state index in [1.54, 1.807) is 0 Å². The Bertz CT molecular complexity index is 15.0. The van der Waals surface area contributed by atoms with Crippen LogP contribution in [0.5, 0.6) is 0 Å². The van der Waals surface area contributed by atoms with Gasteiger partial charge >= 0.3 is 0 Å². The van der Waals surface area contributed by atoms with Gasteiger partial charge in [-0.05, 0) is 0 Å². The van der Waals surface area contributed by atoms with Crippen molar-refractivity contribution in [2.24, 2.45) is 5.18 Å². The van der Waals surface area contributed by atoms with E-state index in [1.807, 2.05) is 13.8 Å². The minimum atomic E-state index is 0. The molecule has 0 bridgehead atoms. The Balaban J connectivity index is -0.0000000275. The lowest BCUT2D eigenvalue weighted by Gasteiger charge is -1.27. The molecule has 0 unspecified atom stereocenters. The van der Waals surface area contributed by atoms with Crippen LogP contribution in [0.4, 0.5) is 0 Å². The standard InChI is InChI=1S/C2H6.CH3NO.CH4/c1-2;1-2-3;/h1-2H3;1H3;1H4. The summed E-state index contributed by atoms with van der Waals surface area (Å²) in [7, 11) is 1.19. The summed E-state index contributed by atoms with van der Waals surface area (Å²) in [5, 5.41) is 2.25. The molecule has 0 amide bonds. The summed E-state index contributed by atoms with van der Waals surface area (Å²) in [4.78, 5) is 8.56. The molecule has 0 N–H and O–H groups in total.